The van der Waals surface area contributed by atoms with Crippen molar-refractivity contribution in [2.45, 2.75) is 20.0 Å². The van der Waals surface area contributed by atoms with E-state index >= 15 is 0 Å². The summed E-state index contributed by atoms with van der Waals surface area (Å²) in [4.78, 5) is 0. The fourth-order valence-corrected chi connectivity index (χ4v) is 1.77. The lowest BCUT2D eigenvalue weighted by Crippen LogP contribution is -2.07. The fourth-order valence-electron chi connectivity index (χ4n) is 1.77. The molecule has 96 valence electrons. The van der Waals surface area contributed by atoms with Crippen molar-refractivity contribution in [2.24, 2.45) is 7.05 Å². The number of aryl methyl sites for hydroxylation is 1. The Hall–Kier alpha value is -2.04. The first-order valence-electron chi connectivity index (χ1n) is 5.73. The van der Waals surface area contributed by atoms with E-state index in [1.165, 1.54) is 6.07 Å². The quantitative estimate of drug-likeness (QED) is 0.909. The van der Waals surface area contributed by atoms with Gasteiger partial charge in [-0.15, -0.1) is 0 Å². The molecule has 0 bridgehead atoms. The van der Waals surface area contributed by atoms with Gasteiger partial charge in [-0.2, -0.15) is 5.10 Å². The number of aromatic nitrogens is 2. The van der Waals surface area contributed by atoms with E-state index in [0.717, 1.165) is 11.3 Å². The van der Waals surface area contributed by atoms with Crippen LogP contribution in [0.3, 0.4) is 0 Å². The van der Waals surface area contributed by atoms with Gasteiger partial charge < -0.3 is 10.5 Å². The molecular weight excluding hydrogens is 233 g/mol. The number of nitrogens with two attached hydrogens (primary N) is 1. The predicted octanol–water partition coefficient (Wildman–Crippen LogP) is 2.60. The maximum atomic E-state index is 13.8. The van der Waals surface area contributed by atoms with Crippen molar-refractivity contribution in [3.8, 4) is 17.0 Å². The first kappa shape index (κ1) is 12.4. The van der Waals surface area contributed by atoms with Crippen molar-refractivity contribution in [2.75, 3.05) is 5.73 Å². The van der Waals surface area contributed by atoms with Gasteiger partial charge in [0, 0.05) is 18.7 Å². The van der Waals surface area contributed by atoms with E-state index in [-0.39, 0.29) is 17.7 Å². The van der Waals surface area contributed by atoms with E-state index in [0.29, 0.717) is 5.82 Å². The van der Waals surface area contributed by atoms with Crippen LogP contribution in [0.4, 0.5) is 10.2 Å². The third-order valence-electron chi connectivity index (χ3n) is 2.49. The predicted molar refractivity (Wildman–Crippen MR) is 68.8 cm³/mol. The number of nitrogen functional groups attached to an aromatic ring is 1. The molecular formula is C13H16FN3O. The SMILES string of the molecule is CC(C)Oc1ccc(-c2cc(N)nn2C)cc1F. The Morgan fingerprint density at radius 1 is 1.33 bits per heavy atom. The first-order chi connectivity index (χ1) is 8.47. The van der Waals surface area contributed by atoms with E-state index in [2.05, 4.69) is 5.10 Å². The molecule has 0 amide bonds. The molecule has 0 radical (unpaired) electrons. The summed E-state index contributed by atoms with van der Waals surface area (Å²) < 4.78 is 20.8. The Bertz CT molecular complexity index is 563. The lowest BCUT2D eigenvalue weighted by Gasteiger charge is -2.11. The Balaban J connectivity index is 2.37. The summed E-state index contributed by atoms with van der Waals surface area (Å²) in [7, 11) is 1.77. The minimum Gasteiger partial charge on any atom is -0.488 e. The van der Waals surface area contributed by atoms with Crippen LogP contribution < -0.4 is 10.5 Å². The fraction of sp³-hybridized carbons (Fsp3) is 0.308. The number of hydrogen-bond acceptors (Lipinski definition) is 3. The van der Waals surface area contributed by atoms with Gasteiger partial charge in [-0.25, -0.2) is 4.39 Å². The third kappa shape index (κ3) is 2.45. The number of hydrogen-bond donors (Lipinski definition) is 1. The Kier molecular flexibility index (Phi) is 3.23. The van der Waals surface area contributed by atoms with Crippen LogP contribution in [-0.4, -0.2) is 15.9 Å². The van der Waals surface area contributed by atoms with E-state index in [1.54, 1.807) is 29.9 Å². The molecule has 0 saturated heterocycles. The van der Waals surface area contributed by atoms with E-state index in [4.69, 9.17) is 10.5 Å². The van der Waals surface area contributed by atoms with Gasteiger partial charge in [-0.3, -0.25) is 4.68 Å². The molecule has 1 aromatic heterocycles. The lowest BCUT2D eigenvalue weighted by atomic mass is 10.1. The van der Waals surface area contributed by atoms with Crippen molar-refractivity contribution in [1.29, 1.82) is 0 Å². The summed E-state index contributed by atoms with van der Waals surface area (Å²) in [5, 5.41) is 4.03. The molecule has 2 aromatic rings. The molecule has 0 aliphatic rings. The van der Waals surface area contributed by atoms with Crippen LogP contribution in [-0.2, 0) is 7.05 Å². The molecule has 1 heterocycles. The number of halogens is 1. The van der Waals surface area contributed by atoms with Gasteiger partial charge in [0.2, 0.25) is 0 Å². The van der Waals surface area contributed by atoms with Gasteiger partial charge in [-0.1, -0.05) is 0 Å². The van der Waals surface area contributed by atoms with Gasteiger partial charge in [0.1, 0.15) is 5.82 Å². The molecule has 0 unspecified atom stereocenters. The van der Waals surface area contributed by atoms with Crippen LogP contribution in [0.1, 0.15) is 13.8 Å². The van der Waals surface area contributed by atoms with Gasteiger partial charge >= 0.3 is 0 Å². The van der Waals surface area contributed by atoms with Crippen molar-refractivity contribution < 1.29 is 9.13 Å². The summed E-state index contributed by atoms with van der Waals surface area (Å²) in [6, 6.07) is 6.54. The number of rotatable bonds is 3. The molecule has 5 heteroatoms. The van der Waals surface area contributed by atoms with Gasteiger partial charge in [0.25, 0.3) is 0 Å². The second-order valence-corrected chi connectivity index (χ2v) is 4.39. The van der Waals surface area contributed by atoms with Crippen LogP contribution in [0.2, 0.25) is 0 Å². The van der Waals surface area contributed by atoms with Crippen molar-refractivity contribution >= 4 is 5.82 Å². The lowest BCUT2D eigenvalue weighted by molar-refractivity contribution is 0.231. The molecule has 4 nitrogen and oxygen atoms in total. The Labute approximate surface area is 105 Å². The maximum Gasteiger partial charge on any atom is 0.165 e. The molecule has 0 atom stereocenters. The highest BCUT2D eigenvalue weighted by Crippen LogP contribution is 2.26. The molecule has 0 spiro atoms. The molecule has 0 aliphatic heterocycles. The van der Waals surface area contributed by atoms with Gasteiger partial charge in [0.15, 0.2) is 11.6 Å². The van der Waals surface area contributed by atoms with Gasteiger partial charge in [0.05, 0.1) is 11.8 Å². The molecule has 0 saturated carbocycles. The number of anilines is 1. The molecule has 1 aromatic carbocycles. The molecule has 0 aliphatic carbocycles. The normalized spacial score (nSPS) is 10.9. The number of nitrogens with zero attached hydrogens (tertiary/aromatic N) is 2. The molecule has 18 heavy (non-hydrogen) atoms. The minimum absolute atomic E-state index is 0.0577. The largest absolute Gasteiger partial charge is 0.488 e. The highest BCUT2D eigenvalue weighted by atomic mass is 19.1. The van der Waals surface area contributed by atoms with Crippen LogP contribution >= 0.6 is 0 Å². The topological polar surface area (TPSA) is 53.1 Å². The highest BCUT2D eigenvalue weighted by Gasteiger charge is 2.10. The standard InChI is InChI=1S/C13H16FN3O/c1-8(2)18-12-5-4-9(6-10(12)14)11-7-13(15)16-17(11)3/h4-8H,1-3H3,(H2,15,16). The Morgan fingerprint density at radius 3 is 2.56 bits per heavy atom. The maximum absolute atomic E-state index is 13.8. The summed E-state index contributed by atoms with van der Waals surface area (Å²) >= 11 is 0. The second-order valence-electron chi connectivity index (χ2n) is 4.39. The van der Waals surface area contributed by atoms with Crippen molar-refractivity contribution in [1.82, 2.24) is 9.78 Å². The highest BCUT2D eigenvalue weighted by molar-refractivity contribution is 5.63. The molecule has 0 fully saturated rings. The van der Waals surface area contributed by atoms with E-state index in [9.17, 15) is 4.39 Å². The zero-order chi connectivity index (χ0) is 13.3. The van der Waals surface area contributed by atoms with Crippen molar-refractivity contribution in [3.05, 3.63) is 30.1 Å². The van der Waals surface area contributed by atoms with E-state index < -0.39 is 0 Å². The van der Waals surface area contributed by atoms with Crippen molar-refractivity contribution in [3.63, 3.8) is 0 Å². The smallest absolute Gasteiger partial charge is 0.165 e. The molecule has 2 rings (SSSR count). The van der Waals surface area contributed by atoms with Crippen LogP contribution in [0.15, 0.2) is 24.3 Å². The van der Waals surface area contributed by atoms with E-state index in [1.807, 2.05) is 13.8 Å². The number of benzene rings is 1. The summed E-state index contributed by atoms with van der Waals surface area (Å²) in [5.74, 6) is 0.278. The van der Waals surface area contributed by atoms with Crippen LogP contribution in [0.25, 0.3) is 11.3 Å². The summed E-state index contributed by atoms with van der Waals surface area (Å²) in [6.45, 7) is 3.71. The zero-order valence-electron chi connectivity index (χ0n) is 10.6. The minimum atomic E-state index is -0.388. The average Bonchev–Trinajstić information content (AvgIpc) is 2.60. The van der Waals surface area contributed by atoms with Crippen LogP contribution in [0.5, 0.6) is 5.75 Å². The summed E-state index contributed by atoms with van der Waals surface area (Å²) in [6.07, 6.45) is -0.0577. The van der Waals surface area contributed by atoms with Crippen LogP contribution in [0, 0.1) is 5.82 Å². The molecule has 2 N–H and O–H groups in total. The monoisotopic (exact) mass is 249 g/mol. The average molecular weight is 249 g/mol. The number of ether oxygens (including phenoxy) is 1. The first-order valence-corrected chi connectivity index (χ1v) is 5.73. The third-order valence-corrected chi connectivity index (χ3v) is 2.49. The van der Waals surface area contributed by atoms with Gasteiger partial charge in [-0.05, 0) is 32.0 Å². The second kappa shape index (κ2) is 4.68. The zero-order valence-corrected chi connectivity index (χ0v) is 10.6. The summed E-state index contributed by atoms with van der Waals surface area (Å²) in [5.41, 5.74) is 7.08. The Morgan fingerprint density at radius 2 is 2.06 bits per heavy atom.